The second-order valence-electron chi connectivity index (χ2n) is 5.49. The van der Waals surface area contributed by atoms with Crippen molar-refractivity contribution in [3.63, 3.8) is 0 Å². The van der Waals surface area contributed by atoms with Crippen LogP contribution in [0.3, 0.4) is 0 Å². The van der Waals surface area contributed by atoms with Crippen molar-refractivity contribution >= 4 is 11.8 Å². The first-order chi connectivity index (χ1) is 10.2. The molecule has 1 aromatic rings. The first-order valence-electron chi connectivity index (χ1n) is 7.52. The van der Waals surface area contributed by atoms with Gasteiger partial charge in [-0.25, -0.2) is 0 Å². The van der Waals surface area contributed by atoms with Crippen molar-refractivity contribution in [3.8, 4) is 0 Å². The average molecular weight is 289 g/mol. The van der Waals surface area contributed by atoms with E-state index in [9.17, 15) is 9.59 Å². The Morgan fingerprint density at radius 2 is 1.90 bits per heavy atom. The fraction of sp³-hybridized carbons (Fsp3) is 0.500. The third-order valence-electron chi connectivity index (χ3n) is 3.57. The summed E-state index contributed by atoms with van der Waals surface area (Å²) in [6, 6.07) is 9.50. The number of hydrogen-bond donors (Lipinski definition) is 3. The second-order valence-corrected chi connectivity index (χ2v) is 5.49. The maximum absolute atomic E-state index is 11.7. The lowest BCUT2D eigenvalue weighted by atomic mass is 10.1. The lowest BCUT2D eigenvalue weighted by Crippen LogP contribution is -2.32. The summed E-state index contributed by atoms with van der Waals surface area (Å²) in [6.07, 6.45) is 3.07. The summed E-state index contributed by atoms with van der Waals surface area (Å²) in [5.74, 6) is 0.325. The number of nitrogens with one attached hydrogen (secondary N) is 2. The Labute approximate surface area is 125 Å². The molecule has 5 nitrogen and oxygen atoms in total. The van der Waals surface area contributed by atoms with Crippen molar-refractivity contribution in [2.24, 2.45) is 11.7 Å². The smallest absolute Gasteiger partial charge is 0.223 e. The summed E-state index contributed by atoms with van der Waals surface area (Å²) in [6.45, 7) is 0.991. The first kappa shape index (κ1) is 15.5. The van der Waals surface area contributed by atoms with Crippen LogP contribution in [0.1, 0.15) is 37.3 Å². The predicted octanol–water partition coefficient (Wildman–Crippen LogP) is 1.11. The van der Waals surface area contributed by atoms with E-state index in [2.05, 4.69) is 10.6 Å². The van der Waals surface area contributed by atoms with Crippen molar-refractivity contribution in [2.45, 2.75) is 31.7 Å². The Hall–Kier alpha value is -1.88. The van der Waals surface area contributed by atoms with Gasteiger partial charge in [0.2, 0.25) is 11.8 Å². The van der Waals surface area contributed by atoms with Crippen LogP contribution in [0.2, 0.25) is 0 Å². The van der Waals surface area contributed by atoms with E-state index >= 15 is 0 Å². The molecule has 1 saturated carbocycles. The van der Waals surface area contributed by atoms with E-state index in [1.165, 1.54) is 0 Å². The highest BCUT2D eigenvalue weighted by atomic mass is 16.2. The van der Waals surface area contributed by atoms with Crippen molar-refractivity contribution in [3.05, 3.63) is 35.9 Å². The summed E-state index contributed by atoms with van der Waals surface area (Å²) in [5, 5.41) is 5.67. The molecule has 1 aliphatic rings. The van der Waals surface area contributed by atoms with Gasteiger partial charge in [-0.15, -0.1) is 0 Å². The molecule has 2 amide bonds. The monoisotopic (exact) mass is 289 g/mol. The van der Waals surface area contributed by atoms with Gasteiger partial charge in [-0.05, 0) is 24.8 Å². The van der Waals surface area contributed by atoms with Gasteiger partial charge in [-0.2, -0.15) is 0 Å². The van der Waals surface area contributed by atoms with Crippen LogP contribution in [-0.4, -0.2) is 24.9 Å². The highest BCUT2D eigenvalue weighted by Gasteiger charge is 2.28. The molecule has 4 N–H and O–H groups in total. The molecular weight excluding hydrogens is 266 g/mol. The zero-order chi connectivity index (χ0) is 15.1. The van der Waals surface area contributed by atoms with Crippen molar-refractivity contribution < 1.29 is 9.59 Å². The minimum Gasteiger partial charge on any atom is -0.356 e. The minimum absolute atomic E-state index is 0.0259. The average Bonchev–Trinajstić information content (AvgIpc) is 3.34. The largest absolute Gasteiger partial charge is 0.356 e. The van der Waals surface area contributed by atoms with E-state index in [-0.39, 0.29) is 23.8 Å². The van der Waals surface area contributed by atoms with Gasteiger partial charge in [0, 0.05) is 31.5 Å². The molecule has 1 aromatic carbocycles. The van der Waals surface area contributed by atoms with Crippen molar-refractivity contribution in [2.75, 3.05) is 13.1 Å². The van der Waals surface area contributed by atoms with E-state index in [1.807, 2.05) is 30.3 Å². The van der Waals surface area contributed by atoms with Crippen LogP contribution >= 0.6 is 0 Å². The molecule has 0 aliphatic heterocycles. The zero-order valence-electron chi connectivity index (χ0n) is 12.2. The molecule has 1 unspecified atom stereocenters. The topological polar surface area (TPSA) is 84.2 Å². The molecule has 0 heterocycles. The number of rotatable bonds is 8. The van der Waals surface area contributed by atoms with Crippen LogP contribution in [0.5, 0.6) is 0 Å². The number of hydrogen-bond acceptors (Lipinski definition) is 3. The van der Waals surface area contributed by atoms with E-state index in [0.29, 0.717) is 25.9 Å². The first-order valence-corrected chi connectivity index (χ1v) is 7.52. The lowest BCUT2D eigenvalue weighted by molar-refractivity contribution is -0.123. The summed E-state index contributed by atoms with van der Waals surface area (Å²) >= 11 is 0. The summed E-state index contributed by atoms with van der Waals surface area (Å²) in [7, 11) is 0. The van der Waals surface area contributed by atoms with Crippen LogP contribution in [0.15, 0.2) is 30.3 Å². The third kappa shape index (κ3) is 5.55. The number of carbonyl (C=O) groups is 2. The normalized spacial score (nSPS) is 15.3. The zero-order valence-corrected chi connectivity index (χ0v) is 12.2. The van der Waals surface area contributed by atoms with Gasteiger partial charge < -0.3 is 16.4 Å². The van der Waals surface area contributed by atoms with E-state index in [4.69, 9.17) is 5.73 Å². The Kier molecular flexibility index (Phi) is 5.75. The molecule has 0 bridgehead atoms. The number of benzene rings is 1. The van der Waals surface area contributed by atoms with Gasteiger partial charge >= 0.3 is 0 Å². The Morgan fingerprint density at radius 3 is 2.57 bits per heavy atom. The predicted molar refractivity (Wildman–Crippen MR) is 81.3 cm³/mol. The van der Waals surface area contributed by atoms with Gasteiger partial charge in [0.1, 0.15) is 0 Å². The minimum atomic E-state index is -0.190. The fourth-order valence-electron chi connectivity index (χ4n) is 2.08. The van der Waals surface area contributed by atoms with E-state index in [0.717, 1.165) is 18.4 Å². The van der Waals surface area contributed by atoms with Crippen LogP contribution in [0.4, 0.5) is 0 Å². The molecule has 1 aliphatic carbocycles. The molecule has 0 aromatic heterocycles. The highest BCUT2D eigenvalue weighted by Crippen LogP contribution is 2.28. The maximum Gasteiger partial charge on any atom is 0.223 e. The second kappa shape index (κ2) is 7.78. The summed E-state index contributed by atoms with van der Waals surface area (Å²) in [5.41, 5.74) is 7.02. The summed E-state index contributed by atoms with van der Waals surface area (Å²) < 4.78 is 0. The van der Waals surface area contributed by atoms with Crippen molar-refractivity contribution in [1.29, 1.82) is 0 Å². The molecule has 114 valence electrons. The third-order valence-corrected chi connectivity index (χ3v) is 3.57. The quantitative estimate of drug-likeness (QED) is 0.627. The standard InChI is InChI=1S/C16H23N3O2/c17-14(12-5-2-1-3-6-12)11-19-15(20)7-4-10-18-16(21)13-8-9-13/h1-3,5-6,13-14H,4,7-11,17H2,(H,18,21)(H,19,20). The van der Waals surface area contributed by atoms with Crippen LogP contribution in [-0.2, 0) is 9.59 Å². The van der Waals surface area contributed by atoms with E-state index in [1.54, 1.807) is 0 Å². The number of nitrogens with two attached hydrogens (primary N) is 1. The van der Waals surface area contributed by atoms with Gasteiger partial charge in [-0.3, -0.25) is 9.59 Å². The number of carbonyl (C=O) groups excluding carboxylic acids is 2. The van der Waals surface area contributed by atoms with Crippen molar-refractivity contribution in [1.82, 2.24) is 10.6 Å². The molecule has 0 spiro atoms. The van der Waals surface area contributed by atoms with E-state index < -0.39 is 0 Å². The molecule has 0 saturated heterocycles. The molecule has 5 heteroatoms. The molecular formula is C16H23N3O2. The van der Waals surface area contributed by atoms with Crippen LogP contribution in [0.25, 0.3) is 0 Å². The number of amides is 2. The fourth-order valence-corrected chi connectivity index (χ4v) is 2.08. The Bertz CT molecular complexity index is 472. The Morgan fingerprint density at radius 1 is 1.19 bits per heavy atom. The molecule has 21 heavy (non-hydrogen) atoms. The lowest BCUT2D eigenvalue weighted by Gasteiger charge is -2.13. The Balaban J connectivity index is 1.55. The van der Waals surface area contributed by atoms with Gasteiger partial charge in [0.05, 0.1) is 0 Å². The van der Waals surface area contributed by atoms with Gasteiger partial charge in [0.15, 0.2) is 0 Å². The van der Waals surface area contributed by atoms with Gasteiger partial charge in [-0.1, -0.05) is 30.3 Å². The molecule has 1 atom stereocenters. The summed E-state index contributed by atoms with van der Waals surface area (Å²) in [4.78, 5) is 23.1. The molecule has 1 fully saturated rings. The molecule has 2 rings (SSSR count). The highest BCUT2D eigenvalue weighted by molar-refractivity contribution is 5.81. The SMILES string of the molecule is NC(CNC(=O)CCCNC(=O)C1CC1)c1ccccc1. The maximum atomic E-state index is 11.7. The van der Waals surface area contributed by atoms with Crippen LogP contribution in [0, 0.1) is 5.92 Å². The molecule has 0 radical (unpaired) electrons. The van der Waals surface area contributed by atoms with Crippen LogP contribution < -0.4 is 16.4 Å². The van der Waals surface area contributed by atoms with Gasteiger partial charge in [0.25, 0.3) is 0 Å².